The van der Waals surface area contributed by atoms with E-state index in [4.69, 9.17) is 9.84 Å². The van der Waals surface area contributed by atoms with Gasteiger partial charge in [-0.2, -0.15) is 5.10 Å². The smallest absolute Gasteiger partial charge is 0.261 e. The number of sulfonamides is 1. The van der Waals surface area contributed by atoms with E-state index < -0.39 is 10.0 Å². The van der Waals surface area contributed by atoms with Crippen molar-refractivity contribution in [1.29, 1.82) is 0 Å². The summed E-state index contributed by atoms with van der Waals surface area (Å²) in [5, 5.41) is 4.87. The van der Waals surface area contributed by atoms with Gasteiger partial charge in [-0.05, 0) is 66.7 Å². The molecule has 0 radical (unpaired) electrons. The second-order valence-corrected chi connectivity index (χ2v) is 9.57. The molecule has 174 valence electrons. The molecule has 1 N–H and O–H groups in total. The fourth-order valence-corrected chi connectivity index (χ4v) is 4.88. The Balaban J connectivity index is 1.54. The molecule has 0 amide bonds. The first-order valence-corrected chi connectivity index (χ1v) is 12.5. The quantitative estimate of drug-likeness (QED) is 0.309. The Labute approximate surface area is 204 Å². The Morgan fingerprint density at radius 1 is 0.743 bits per heavy atom. The number of nitrogens with one attached hydrogen (secondary N) is 1. The number of hydrogen-bond donors (Lipinski definition) is 1. The Bertz CT molecular complexity index is 1550. The van der Waals surface area contributed by atoms with Crippen LogP contribution >= 0.6 is 0 Å². The van der Waals surface area contributed by atoms with Gasteiger partial charge < -0.3 is 4.74 Å². The van der Waals surface area contributed by atoms with Gasteiger partial charge in [0.05, 0.1) is 29.1 Å². The van der Waals surface area contributed by atoms with Gasteiger partial charge in [0.25, 0.3) is 10.0 Å². The van der Waals surface area contributed by atoms with Crippen molar-refractivity contribution in [3.63, 3.8) is 0 Å². The number of benzene rings is 4. The highest BCUT2D eigenvalue weighted by Crippen LogP contribution is 2.31. The van der Waals surface area contributed by atoms with Gasteiger partial charge in [0, 0.05) is 16.8 Å². The predicted octanol–water partition coefficient (Wildman–Crippen LogP) is 6.02. The second kappa shape index (κ2) is 9.48. The second-order valence-electron chi connectivity index (χ2n) is 7.89. The highest BCUT2D eigenvalue weighted by molar-refractivity contribution is 7.92. The van der Waals surface area contributed by atoms with Crippen molar-refractivity contribution >= 4 is 15.7 Å². The summed E-state index contributed by atoms with van der Waals surface area (Å²) in [6.07, 6.45) is 0. The van der Waals surface area contributed by atoms with Crippen LogP contribution in [0.1, 0.15) is 0 Å². The summed E-state index contributed by atoms with van der Waals surface area (Å²) in [6.45, 7) is 0. The van der Waals surface area contributed by atoms with Crippen molar-refractivity contribution in [2.75, 3.05) is 11.8 Å². The number of para-hydroxylation sites is 1. The first-order chi connectivity index (χ1) is 17.0. The molecule has 1 aromatic heterocycles. The summed E-state index contributed by atoms with van der Waals surface area (Å²) >= 11 is 0. The molecule has 0 aliphatic carbocycles. The van der Waals surface area contributed by atoms with E-state index in [0.29, 0.717) is 5.69 Å². The summed E-state index contributed by atoms with van der Waals surface area (Å²) in [4.78, 5) is 0.209. The molecular weight excluding hydrogens is 458 g/mol. The largest absolute Gasteiger partial charge is 0.497 e. The molecule has 7 heteroatoms. The fourth-order valence-electron chi connectivity index (χ4n) is 3.81. The fraction of sp³-hybridized carbons (Fsp3) is 0.0357. The van der Waals surface area contributed by atoms with Gasteiger partial charge in [-0.3, -0.25) is 4.72 Å². The summed E-state index contributed by atoms with van der Waals surface area (Å²) in [5.74, 6) is 0.776. The lowest BCUT2D eigenvalue weighted by molar-refractivity contribution is 0.415. The van der Waals surface area contributed by atoms with E-state index in [-0.39, 0.29) is 4.90 Å². The van der Waals surface area contributed by atoms with Gasteiger partial charge in [0.1, 0.15) is 5.75 Å². The third kappa shape index (κ3) is 4.81. The number of aromatic nitrogens is 2. The number of rotatable bonds is 7. The lowest BCUT2D eigenvalue weighted by Crippen LogP contribution is -2.12. The number of methoxy groups -OCH3 is 1. The Morgan fingerprint density at radius 3 is 2.11 bits per heavy atom. The number of nitrogens with zero attached hydrogens (tertiary/aromatic N) is 2. The van der Waals surface area contributed by atoms with E-state index in [1.807, 2.05) is 77.5 Å². The highest BCUT2D eigenvalue weighted by Gasteiger charge is 2.16. The third-order valence-corrected chi connectivity index (χ3v) is 6.96. The molecule has 0 aliphatic rings. The predicted molar refractivity (Wildman–Crippen MR) is 138 cm³/mol. The zero-order chi connectivity index (χ0) is 24.3. The molecule has 0 fully saturated rings. The standard InChI is InChI=1S/C28H23N3O3S/c1-34-25-17-15-21(16-18-25)28-20-27(29-31(28)24-11-4-2-5-12-24)22-9-8-10-23(19-22)30-35(32,33)26-13-6-3-7-14-26/h2-20,30H,1H3. The molecule has 5 aromatic rings. The zero-order valence-electron chi connectivity index (χ0n) is 19.0. The summed E-state index contributed by atoms with van der Waals surface area (Å²) in [6, 6.07) is 35.2. The molecule has 0 unspecified atom stereocenters. The van der Waals surface area contributed by atoms with Crippen molar-refractivity contribution in [1.82, 2.24) is 9.78 Å². The van der Waals surface area contributed by atoms with Gasteiger partial charge in [0.2, 0.25) is 0 Å². The minimum absolute atomic E-state index is 0.209. The van der Waals surface area contributed by atoms with Gasteiger partial charge in [0.15, 0.2) is 0 Å². The van der Waals surface area contributed by atoms with Crippen molar-refractivity contribution < 1.29 is 13.2 Å². The maximum atomic E-state index is 12.8. The van der Waals surface area contributed by atoms with Gasteiger partial charge in [-0.25, -0.2) is 13.1 Å². The molecule has 0 bridgehead atoms. The molecule has 0 atom stereocenters. The average Bonchev–Trinajstić information content (AvgIpc) is 3.35. The average molecular weight is 482 g/mol. The van der Waals surface area contributed by atoms with Crippen LogP contribution < -0.4 is 9.46 Å². The van der Waals surface area contributed by atoms with Crippen LogP contribution in [0.4, 0.5) is 5.69 Å². The van der Waals surface area contributed by atoms with E-state index in [0.717, 1.165) is 34.0 Å². The van der Waals surface area contributed by atoms with Crippen molar-refractivity contribution in [3.05, 3.63) is 115 Å². The van der Waals surface area contributed by atoms with E-state index >= 15 is 0 Å². The molecule has 35 heavy (non-hydrogen) atoms. The molecule has 0 spiro atoms. The van der Waals surface area contributed by atoms with E-state index in [9.17, 15) is 8.42 Å². The van der Waals surface area contributed by atoms with Crippen LogP contribution in [-0.4, -0.2) is 25.3 Å². The molecule has 0 saturated heterocycles. The van der Waals surface area contributed by atoms with Gasteiger partial charge in [-0.15, -0.1) is 0 Å². The summed E-state index contributed by atoms with van der Waals surface area (Å²) in [5.41, 5.74) is 4.79. The molecule has 4 aromatic carbocycles. The number of hydrogen-bond acceptors (Lipinski definition) is 4. The van der Waals surface area contributed by atoms with Crippen LogP contribution in [0.5, 0.6) is 5.75 Å². The molecule has 5 rings (SSSR count). The van der Waals surface area contributed by atoms with Crippen molar-refractivity contribution in [2.24, 2.45) is 0 Å². The molecule has 0 aliphatic heterocycles. The molecule has 0 saturated carbocycles. The lowest BCUT2D eigenvalue weighted by Gasteiger charge is -2.09. The minimum Gasteiger partial charge on any atom is -0.497 e. The number of anilines is 1. The molecule has 6 nitrogen and oxygen atoms in total. The first-order valence-electron chi connectivity index (χ1n) is 11.0. The maximum Gasteiger partial charge on any atom is 0.261 e. The topological polar surface area (TPSA) is 73.2 Å². The van der Waals surface area contributed by atoms with Gasteiger partial charge >= 0.3 is 0 Å². The highest BCUT2D eigenvalue weighted by atomic mass is 32.2. The van der Waals surface area contributed by atoms with Crippen LogP contribution in [0.25, 0.3) is 28.2 Å². The lowest BCUT2D eigenvalue weighted by atomic mass is 10.1. The van der Waals surface area contributed by atoms with E-state index in [2.05, 4.69) is 4.72 Å². The SMILES string of the molecule is COc1ccc(-c2cc(-c3cccc(NS(=O)(=O)c4ccccc4)c3)nn2-c2ccccc2)cc1. The molecule has 1 heterocycles. The number of ether oxygens (including phenoxy) is 1. The van der Waals surface area contributed by atoms with Crippen LogP contribution in [0, 0.1) is 0 Å². The van der Waals surface area contributed by atoms with Crippen molar-refractivity contribution in [3.8, 4) is 34.0 Å². The van der Waals surface area contributed by atoms with Crippen LogP contribution in [0.3, 0.4) is 0 Å². The monoisotopic (exact) mass is 481 g/mol. The van der Waals surface area contributed by atoms with Crippen LogP contribution in [0.15, 0.2) is 120 Å². The van der Waals surface area contributed by atoms with Crippen LogP contribution in [0.2, 0.25) is 0 Å². The van der Waals surface area contributed by atoms with Crippen molar-refractivity contribution in [2.45, 2.75) is 4.90 Å². The Morgan fingerprint density at radius 2 is 1.43 bits per heavy atom. The minimum atomic E-state index is -3.70. The summed E-state index contributed by atoms with van der Waals surface area (Å²) < 4.78 is 35.4. The van der Waals surface area contributed by atoms with E-state index in [1.165, 1.54) is 0 Å². The van der Waals surface area contributed by atoms with Gasteiger partial charge in [-0.1, -0.05) is 48.5 Å². The van der Waals surface area contributed by atoms with E-state index in [1.54, 1.807) is 49.6 Å². The zero-order valence-corrected chi connectivity index (χ0v) is 19.8. The third-order valence-electron chi connectivity index (χ3n) is 5.56. The normalized spacial score (nSPS) is 11.2. The first kappa shape index (κ1) is 22.4. The summed E-state index contributed by atoms with van der Waals surface area (Å²) in [7, 11) is -2.06. The van der Waals surface area contributed by atoms with Crippen LogP contribution in [-0.2, 0) is 10.0 Å². The Kier molecular flexibility index (Phi) is 6.08. The Hall–Kier alpha value is -4.36. The molecular formula is C28H23N3O3S. The maximum absolute atomic E-state index is 12.8.